The molecular formula is C16H23NO3S. The van der Waals surface area contributed by atoms with E-state index in [2.05, 4.69) is 4.90 Å². The Hall–Kier alpha value is -1.20. The third-order valence-corrected chi connectivity index (χ3v) is 5.15. The number of nitrogens with zero attached hydrogens (tertiary/aromatic N) is 1. The molecule has 1 aromatic rings. The maximum atomic E-state index is 12.5. The van der Waals surface area contributed by atoms with Gasteiger partial charge in [-0.1, -0.05) is 25.3 Å². The molecule has 1 aliphatic rings. The highest BCUT2D eigenvalue weighted by atomic mass is 32.1. The van der Waals surface area contributed by atoms with Crippen molar-refractivity contribution in [2.75, 3.05) is 13.6 Å². The molecule has 1 atom stereocenters. The summed E-state index contributed by atoms with van der Waals surface area (Å²) in [4.78, 5) is 26.4. The number of carbonyl (C=O) groups excluding carboxylic acids is 1. The summed E-state index contributed by atoms with van der Waals surface area (Å²) < 4.78 is 0. The highest BCUT2D eigenvalue weighted by molar-refractivity contribution is 7.12. The van der Waals surface area contributed by atoms with Crippen LogP contribution >= 0.6 is 11.3 Å². The number of thiophene rings is 1. The summed E-state index contributed by atoms with van der Waals surface area (Å²) in [6.45, 7) is 0.535. The smallest absolute Gasteiger partial charge is 0.304 e. The molecule has 1 heterocycles. The average Bonchev–Trinajstić information content (AvgIpc) is 3.00. The fourth-order valence-corrected chi connectivity index (χ4v) is 3.83. The van der Waals surface area contributed by atoms with Crippen molar-refractivity contribution in [1.29, 1.82) is 0 Å². The third-order valence-electron chi connectivity index (χ3n) is 4.26. The van der Waals surface area contributed by atoms with Gasteiger partial charge in [0.15, 0.2) is 5.78 Å². The van der Waals surface area contributed by atoms with Crippen LogP contribution in [-0.2, 0) is 4.79 Å². The van der Waals surface area contributed by atoms with E-state index in [1.807, 2.05) is 18.5 Å². The van der Waals surface area contributed by atoms with Crippen LogP contribution in [0.5, 0.6) is 0 Å². The lowest BCUT2D eigenvalue weighted by molar-refractivity contribution is -0.137. The van der Waals surface area contributed by atoms with Gasteiger partial charge in [-0.2, -0.15) is 0 Å². The first-order chi connectivity index (χ1) is 10.1. The van der Waals surface area contributed by atoms with Crippen molar-refractivity contribution in [3.8, 4) is 0 Å². The lowest BCUT2D eigenvalue weighted by atomic mass is 9.92. The van der Waals surface area contributed by atoms with Crippen molar-refractivity contribution in [2.45, 2.75) is 44.6 Å². The lowest BCUT2D eigenvalue weighted by Gasteiger charge is -2.33. The number of carboxylic acids is 1. The van der Waals surface area contributed by atoms with Crippen LogP contribution in [0.1, 0.15) is 48.2 Å². The molecule has 1 aromatic heterocycles. The van der Waals surface area contributed by atoms with Gasteiger partial charge in [0.25, 0.3) is 0 Å². The van der Waals surface area contributed by atoms with Crippen molar-refractivity contribution in [3.63, 3.8) is 0 Å². The Bertz CT molecular complexity index is 466. The van der Waals surface area contributed by atoms with E-state index in [0.29, 0.717) is 17.5 Å². The Morgan fingerprint density at radius 2 is 2.10 bits per heavy atom. The van der Waals surface area contributed by atoms with Gasteiger partial charge in [0, 0.05) is 18.5 Å². The van der Waals surface area contributed by atoms with Crippen LogP contribution < -0.4 is 0 Å². The minimum absolute atomic E-state index is 0.0324. The van der Waals surface area contributed by atoms with E-state index in [0.717, 1.165) is 12.8 Å². The average molecular weight is 309 g/mol. The molecule has 1 N–H and O–H groups in total. The maximum Gasteiger partial charge on any atom is 0.304 e. The third kappa shape index (κ3) is 4.64. The molecule has 0 aromatic carbocycles. The number of hydrogen-bond donors (Lipinski definition) is 1. The molecule has 1 fully saturated rings. The summed E-state index contributed by atoms with van der Waals surface area (Å²) in [6.07, 6.45) is 5.98. The van der Waals surface area contributed by atoms with Gasteiger partial charge in [0.1, 0.15) is 0 Å². The van der Waals surface area contributed by atoms with Crippen molar-refractivity contribution in [1.82, 2.24) is 4.90 Å². The van der Waals surface area contributed by atoms with Gasteiger partial charge in [-0.05, 0) is 31.3 Å². The molecule has 0 saturated heterocycles. The molecular weight excluding hydrogens is 286 g/mol. The first-order valence-corrected chi connectivity index (χ1v) is 8.45. The van der Waals surface area contributed by atoms with Crippen LogP contribution in [0.25, 0.3) is 0 Å². The van der Waals surface area contributed by atoms with E-state index in [9.17, 15) is 9.59 Å². The van der Waals surface area contributed by atoms with Crippen LogP contribution in [0.4, 0.5) is 0 Å². The summed E-state index contributed by atoms with van der Waals surface area (Å²) >= 11 is 1.39. The Kier molecular flexibility index (Phi) is 5.94. The predicted octanol–water partition coefficient (Wildman–Crippen LogP) is 3.29. The number of aliphatic carboxylic acids is 1. The highest BCUT2D eigenvalue weighted by Gasteiger charge is 2.28. The molecule has 1 unspecified atom stereocenters. The van der Waals surface area contributed by atoms with Crippen molar-refractivity contribution in [2.24, 2.45) is 5.92 Å². The number of carbonyl (C=O) groups is 2. The van der Waals surface area contributed by atoms with Crippen molar-refractivity contribution < 1.29 is 14.7 Å². The van der Waals surface area contributed by atoms with E-state index in [1.165, 1.54) is 30.6 Å². The van der Waals surface area contributed by atoms with Gasteiger partial charge in [-0.25, -0.2) is 0 Å². The monoisotopic (exact) mass is 309 g/mol. The van der Waals surface area contributed by atoms with Crippen LogP contribution in [0, 0.1) is 5.92 Å². The minimum Gasteiger partial charge on any atom is -0.481 e. The van der Waals surface area contributed by atoms with E-state index in [1.54, 1.807) is 6.07 Å². The zero-order valence-corrected chi connectivity index (χ0v) is 13.3. The summed E-state index contributed by atoms with van der Waals surface area (Å²) in [5.74, 6) is -1.38. The molecule has 0 aliphatic heterocycles. The molecule has 5 heteroatoms. The van der Waals surface area contributed by atoms with Crippen LogP contribution in [-0.4, -0.2) is 41.4 Å². The number of carboxylic acid groups (broad SMARTS) is 1. The molecule has 21 heavy (non-hydrogen) atoms. The molecule has 4 nitrogen and oxygen atoms in total. The topological polar surface area (TPSA) is 57.6 Å². The molecule has 0 spiro atoms. The fourth-order valence-electron chi connectivity index (χ4n) is 3.09. The second-order valence-electron chi connectivity index (χ2n) is 5.87. The first kappa shape index (κ1) is 16.2. The largest absolute Gasteiger partial charge is 0.481 e. The van der Waals surface area contributed by atoms with Gasteiger partial charge in [0.05, 0.1) is 11.3 Å². The maximum absolute atomic E-state index is 12.5. The Morgan fingerprint density at radius 3 is 2.67 bits per heavy atom. The van der Waals surface area contributed by atoms with Gasteiger partial charge in [-0.15, -0.1) is 11.3 Å². The van der Waals surface area contributed by atoms with E-state index in [-0.39, 0.29) is 12.2 Å². The molecule has 0 bridgehead atoms. The lowest BCUT2D eigenvalue weighted by Crippen LogP contribution is -2.39. The number of Topliss-reactive ketones (excluding diaryl/α,β-unsaturated/α-hetero) is 1. The second-order valence-corrected chi connectivity index (χ2v) is 6.82. The molecule has 2 rings (SSSR count). The summed E-state index contributed by atoms with van der Waals surface area (Å²) in [5.41, 5.74) is 0. The van der Waals surface area contributed by atoms with Crippen LogP contribution in [0.2, 0.25) is 0 Å². The predicted molar refractivity (Wildman–Crippen MR) is 83.9 cm³/mol. The van der Waals surface area contributed by atoms with Gasteiger partial charge in [0.2, 0.25) is 0 Å². The Morgan fingerprint density at radius 1 is 1.38 bits per heavy atom. The fraction of sp³-hybridized carbons (Fsp3) is 0.625. The zero-order valence-electron chi connectivity index (χ0n) is 12.5. The quantitative estimate of drug-likeness (QED) is 0.785. The Labute approximate surface area is 129 Å². The molecule has 0 radical (unpaired) electrons. The van der Waals surface area contributed by atoms with Crippen molar-refractivity contribution >= 4 is 23.1 Å². The molecule has 1 aliphatic carbocycles. The van der Waals surface area contributed by atoms with Gasteiger partial charge >= 0.3 is 5.97 Å². The number of hydrogen-bond acceptors (Lipinski definition) is 4. The second kappa shape index (κ2) is 7.71. The van der Waals surface area contributed by atoms with E-state index < -0.39 is 11.9 Å². The van der Waals surface area contributed by atoms with E-state index in [4.69, 9.17) is 5.11 Å². The van der Waals surface area contributed by atoms with Gasteiger partial charge < -0.3 is 10.0 Å². The SMILES string of the molecule is CN(CC(CC(=O)O)C(=O)c1cccs1)C1CCCCC1. The summed E-state index contributed by atoms with van der Waals surface area (Å²) in [5, 5.41) is 10.9. The summed E-state index contributed by atoms with van der Waals surface area (Å²) in [6, 6.07) is 4.11. The Balaban J connectivity index is 2.01. The van der Waals surface area contributed by atoms with E-state index >= 15 is 0 Å². The summed E-state index contributed by atoms with van der Waals surface area (Å²) in [7, 11) is 2.02. The molecule has 0 amide bonds. The highest BCUT2D eigenvalue weighted by Crippen LogP contribution is 2.24. The normalized spacial score (nSPS) is 17.8. The van der Waals surface area contributed by atoms with Gasteiger partial charge in [-0.3, -0.25) is 9.59 Å². The van der Waals surface area contributed by atoms with Crippen LogP contribution in [0.3, 0.4) is 0 Å². The molecule has 116 valence electrons. The number of rotatable bonds is 7. The van der Waals surface area contributed by atoms with Crippen molar-refractivity contribution in [3.05, 3.63) is 22.4 Å². The molecule has 1 saturated carbocycles. The zero-order chi connectivity index (χ0) is 15.2. The first-order valence-electron chi connectivity index (χ1n) is 7.57. The standard InChI is InChI=1S/C16H23NO3S/c1-17(13-6-3-2-4-7-13)11-12(10-15(18)19)16(20)14-8-5-9-21-14/h5,8-9,12-13H,2-4,6-7,10-11H2,1H3,(H,18,19). The number of ketones is 1. The van der Waals surface area contributed by atoms with Crippen LogP contribution in [0.15, 0.2) is 17.5 Å². The minimum atomic E-state index is -0.901.